The molecule has 1 aromatic heterocycles. The fourth-order valence-corrected chi connectivity index (χ4v) is 5.12. The Labute approximate surface area is 180 Å². The molecule has 2 atom stereocenters. The van der Waals surface area contributed by atoms with Crippen LogP contribution in [0.5, 0.6) is 0 Å². The topological polar surface area (TPSA) is 94.2 Å². The number of nitrogens with one attached hydrogen (secondary N) is 3. The third-order valence-corrected chi connectivity index (χ3v) is 6.76. The molecule has 2 unspecified atom stereocenters. The highest BCUT2D eigenvalue weighted by molar-refractivity contribution is 5.97. The lowest BCUT2D eigenvalue weighted by atomic mass is 9.75. The largest absolute Gasteiger partial charge is 0.388 e. The maximum Gasteiger partial charge on any atom is 0.268 e. The first-order chi connectivity index (χ1) is 14.2. The van der Waals surface area contributed by atoms with Crippen molar-refractivity contribution in [3.8, 4) is 0 Å². The van der Waals surface area contributed by atoms with Crippen LogP contribution in [0.1, 0.15) is 112 Å². The molecule has 6 heteroatoms. The monoisotopic (exact) mass is 417 g/mol. The maximum atomic E-state index is 13.1. The number of aliphatic hydroxyl groups is 1. The second kappa shape index (κ2) is 9.54. The lowest BCUT2D eigenvalue weighted by molar-refractivity contribution is -0.124. The number of aromatic amines is 1. The molecule has 3 rings (SSSR count). The zero-order valence-corrected chi connectivity index (χ0v) is 19.1. The Kier molecular flexibility index (Phi) is 7.27. The summed E-state index contributed by atoms with van der Waals surface area (Å²) in [7, 11) is 0. The van der Waals surface area contributed by atoms with Crippen LogP contribution in [0.3, 0.4) is 0 Å². The molecule has 0 bridgehead atoms. The summed E-state index contributed by atoms with van der Waals surface area (Å²) >= 11 is 0. The number of unbranched alkanes of at least 4 members (excludes halogenated alkanes) is 1. The number of carbonyl (C=O) groups excluding carboxylic acids is 2. The molecule has 1 aromatic rings. The number of rotatable bonds is 7. The number of aromatic nitrogens is 1. The number of amides is 2. The van der Waals surface area contributed by atoms with E-state index in [1.54, 1.807) is 0 Å². The number of carbonyl (C=O) groups is 2. The SMILES string of the molecule is CCCCC(NC(=O)c1[nH]c2c(c1C)C(O)CC(C)(C)C2)C(=O)NC1CCCCC1. The molecule has 0 saturated heterocycles. The summed E-state index contributed by atoms with van der Waals surface area (Å²) in [5.41, 5.74) is 3.06. The Hall–Kier alpha value is -1.82. The van der Waals surface area contributed by atoms with Gasteiger partial charge in [0.15, 0.2) is 0 Å². The molecule has 1 fully saturated rings. The summed E-state index contributed by atoms with van der Waals surface area (Å²) in [5, 5.41) is 16.8. The highest BCUT2D eigenvalue weighted by atomic mass is 16.3. The number of fused-ring (bicyclic) bond motifs is 1. The van der Waals surface area contributed by atoms with Gasteiger partial charge in [0.2, 0.25) is 5.91 Å². The van der Waals surface area contributed by atoms with E-state index in [1.807, 2.05) is 6.92 Å². The fourth-order valence-electron chi connectivity index (χ4n) is 5.12. The first-order valence-corrected chi connectivity index (χ1v) is 11.7. The molecule has 0 aliphatic heterocycles. The highest BCUT2D eigenvalue weighted by Crippen LogP contribution is 2.42. The summed E-state index contributed by atoms with van der Waals surface area (Å²) in [5.74, 6) is -0.328. The van der Waals surface area contributed by atoms with Gasteiger partial charge >= 0.3 is 0 Å². The standard InChI is InChI=1S/C24H39N3O3/c1-5-6-12-17(22(29)25-16-10-8-7-9-11-16)27-23(30)21-15(2)20-18(26-21)13-24(3,4)14-19(20)28/h16-17,19,26,28H,5-14H2,1-4H3,(H,25,29)(H,27,30). The van der Waals surface area contributed by atoms with Crippen molar-refractivity contribution in [2.75, 3.05) is 0 Å². The van der Waals surface area contributed by atoms with Crippen LogP contribution in [0, 0.1) is 12.3 Å². The predicted octanol–water partition coefficient (Wildman–Crippen LogP) is 4.07. The van der Waals surface area contributed by atoms with Crippen molar-refractivity contribution in [2.45, 2.75) is 110 Å². The zero-order chi connectivity index (χ0) is 21.9. The lowest BCUT2D eigenvalue weighted by Crippen LogP contribution is -2.50. The van der Waals surface area contributed by atoms with Gasteiger partial charge in [0.05, 0.1) is 6.10 Å². The van der Waals surface area contributed by atoms with Crippen molar-refractivity contribution in [2.24, 2.45) is 5.41 Å². The zero-order valence-electron chi connectivity index (χ0n) is 19.1. The molecule has 30 heavy (non-hydrogen) atoms. The van der Waals surface area contributed by atoms with Gasteiger partial charge in [0.1, 0.15) is 11.7 Å². The van der Waals surface area contributed by atoms with Crippen LogP contribution in [0.15, 0.2) is 0 Å². The van der Waals surface area contributed by atoms with E-state index in [2.05, 4.69) is 36.4 Å². The summed E-state index contributed by atoms with van der Waals surface area (Å²) < 4.78 is 0. The quantitative estimate of drug-likeness (QED) is 0.539. The van der Waals surface area contributed by atoms with Crippen molar-refractivity contribution < 1.29 is 14.7 Å². The normalized spacial score (nSPS) is 22.2. The second-order valence-electron chi connectivity index (χ2n) is 10.1. The molecule has 6 nitrogen and oxygen atoms in total. The summed E-state index contributed by atoms with van der Waals surface area (Å²) in [6.45, 7) is 8.23. The van der Waals surface area contributed by atoms with Crippen molar-refractivity contribution in [1.29, 1.82) is 0 Å². The van der Waals surface area contributed by atoms with E-state index < -0.39 is 12.1 Å². The van der Waals surface area contributed by atoms with Crippen LogP contribution in [0.2, 0.25) is 0 Å². The maximum absolute atomic E-state index is 13.1. The number of aliphatic hydroxyl groups excluding tert-OH is 1. The molecule has 0 aromatic carbocycles. The first kappa shape index (κ1) is 22.9. The van der Waals surface area contributed by atoms with E-state index in [9.17, 15) is 14.7 Å². The van der Waals surface area contributed by atoms with Gasteiger partial charge in [-0.05, 0) is 50.0 Å². The Bertz CT molecular complexity index is 762. The fraction of sp³-hybridized carbons (Fsp3) is 0.750. The number of hydrogen-bond donors (Lipinski definition) is 4. The Morgan fingerprint density at radius 3 is 2.60 bits per heavy atom. The number of hydrogen-bond acceptors (Lipinski definition) is 3. The van der Waals surface area contributed by atoms with Crippen molar-refractivity contribution in [3.63, 3.8) is 0 Å². The van der Waals surface area contributed by atoms with E-state index >= 15 is 0 Å². The van der Waals surface area contributed by atoms with Gasteiger partial charge in [-0.3, -0.25) is 9.59 Å². The van der Waals surface area contributed by atoms with Gasteiger partial charge in [-0.2, -0.15) is 0 Å². The van der Waals surface area contributed by atoms with Gasteiger partial charge < -0.3 is 20.7 Å². The van der Waals surface area contributed by atoms with Crippen molar-refractivity contribution >= 4 is 11.8 Å². The summed E-state index contributed by atoms with van der Waals surface area (Å²) in [6, 6.07) is -0.301. The van der Waals surface area contributed by atoms with Crippen molar-refractivity contribution in [3.05, 3.63) is 22.5 Å². The molecule has 2 aliphatic rings. The minimum Gasteiger partial charge on any atom is -0.388 e. The van der Waals surface area contributed by atoms with E-state index in [4.69, 9.17) is 0 Å². The van der Waals surface area contributed by atoms with Crippen LogP contribution >= 0.6 is 0 Å². The molecule has 0 radical (unpaired) electrons. The van der Waals surface area contributed by atoms with Crippen LogP contribution in [0.25, 0.3) is 0 Å². The number of H-pyrrole nitrogens is 1. The Balaban J connectivity index is 1.73. The molecular weight excluding hydrogens is 378 g/mol. The Morgan fingerprint density at radius 2 is 1.93 bits per heavy atom. The first-order valence-electron chi connectivity index (χ1n) is 11.7. The molecular formula is C24H39N3O3. The minimum absolute atomic E-state index is 0.0129. The van der Waals surface area contributed by atoms with Crippen LogP contribution in [0.4, 0.5) is 0 Å². The third kappa shape index (κ3) is 5.26. The minimum atomic E-state index is -0.563. The molecule has 168 valence electrons. The van der Waals surface area contributed by atoms with E-state index in [0.29, 0.717) is 18.5 Å². The van der Waals surface area contributed by atoms with E-state index in [0.717, 1.165) is 61.8 Å². The smallest absolute Gasteiger partial charge is 0.268 e. The molecule has 1 saturated carbocycles. The van der Waals surface area contributed by atoms with Gasteiger partial charge in [-0.25, -0.2) is 0 Å². The highest BCUT2D eigenvalue weighted by Gasteiger charge is 2.36. The second-order valence-corrected chi connectivity index (χ2v) is 10.1. The van der Waals surface area contributed by atoms with Gasteiger partial charge in [-0.15, -0.1) is 0 Å². The molecule has 2 aliphatic carbocycles. The predicted molar refractivity (Wildman–Crippen MR) is 118 cm³/mol. The third-order valence-electron chi connectivity index (χ3n) is 6.76. The average Bonchev–Trinajstić information content (AvgIpc) is 3.01. The molecule has 4 N–H and O–H groups in total. The van der Waals surface area contributed by atoms with E-state index in [-0.39, 0.29) is 23.3 Å². The van der Waals surface area contributed by atoms with Crippen LogP contribution < -0.4 is 10.6 Å². The van der Waals surface area contributed by atoms with Crippen LogP contribution in [-0.4, -0.2) is 34.0 Å². The van der Waals surface area contributed by atoms with Crippen molar-refractivity contribution in [1.82, 2.24) is 15.6 Å². The van der Waals surface area contributed by atoms with E-state index in [1.165, 1.54) is 6.42 Å². The van der Waals surface area contributed by atoms with Gasteiger partial charge in [0.25, 0.3) is 5.91 Å². The summed E-state index contributed by atoms with van der Waals surface area (Å²) in [4.78, 5) is 29.3. The molecule has 0 spiro atoms. The average molecular weight is 418 g/mol. The molecule has 2 amide bonds. The Morgan fingerprint density at radius 1 is 1.23 bits per heavy atom. The van der Waals surface area contributed by atoms with Crippen LogP contribution in [-0.2, 0) is 11.2 Å². The lowest BCUT2D eigenvalue weighted by Gasteiger charge is -2.33. The van der Waals surface area contributed by atoms with Gasteiger partial charge in [0, 0.05) is 17.3 Å². The summed E-state index contributed by atoms with van der Waals surface area (Å²) in [6.07, 6.45) is 9.01. The molecule has 1 heterocycles. The van der Waals surface area contributed by atoms with Gasteiger partial charge in [-0.1, -0.05) is 52.9 Å².